The van der Waals surface area contributed by atoms with Gasteiger partial charge in [0.05, 0.1) is 3.58 Å². The van der Waals surface area contributed by atoms with Gasteiger partial charge in [-0.25, -0.2) is 0 Å². The normalized spacial score (nSPS) is 16.1. The number of hydrogen-bond acceptors (Lipinski definition) is 1. The van der Waals surface area contributed by atoms with Crippen molar-refractivity contribution in [2.75, 3.05) is 13.1 Å². The molecule has 100 valence electrons. The highest BCUT2D eigenvalue weighted by Crippen LogP contribution is 2.15. The molecular weight excluding hydrogens is 337 g/mol. The summed E-state index contributed by atoms with van der Waals surface area (Å²) >= 11 is 2.11. The Labute approximate surface area is 124 Å². The van der Waals surface area contributed by atoms with Crippen LogP contribution in [0.1, 0.15) is 51.9 Å². The second kappa shape index (κ2) is 9.43. The van der Waals surface area contributed by atoms with Crippen LogP contribution in [0, 0.1) is 11.8 Å². The van der Waals surface area contributed by atoms with E-state index in [4.69, 9.17) is 0 Å². The van der Waals surface area contributed by atoms with Gasteiger partial charge in [-0.1, -0.05) is 31.6 Å². The third-order valence-corrected chi connectivity index (χ3v) is 3.83. The van der Waals surface area contributed by atoms with Crippen molar-refractivity contribution < 1.29 is 4.79 Å². The number of amides is 1. The van der Waals surface area contributed by atoms with E-state index < -0.39 is 0 Å². The van der Waals surface area contributed by atoms with Gasteiger partial charge in [-0.05, 0) is 48.3 Å². The number of carbonyl (C=O) groups excluding carboxylic acids is 1. The lowest BCUT2D eigenvalue weighted by atomic mass is 10.1. The highest BCUT2D eigenvalue weighted by atomic mass is 127. The lowest BCUT2D eigenvalue weighted by Gasteiger charge is -2.26. The standard InChI is InChI=1S/C15H22INO/c1-2-3-4-5-6-8-11-14(16)15(18)17-12-9-7-10-13-17/h11H,2-5,7,9-10,12-13H2,1H3. The molecule has 0 aliphatic carbocycles. The third-order valence-electron chi connectivity index (χ3n) is 3.05. The maximum Gasteiger partial charge on any atom is 0.260 e. The second-order valence-electron chi connectivity index (χ2n) is 4.62. The van der Waals surface area contributed by atoms with Gasteiger partial charge in [0.25, 0.3) is 5.91 Å². The first-order chi connectivity index (χ1) is 8.75. The van der Waals surface area contributed by atoms with E-state index in [9.17, 15) is 4.79 Å². The van der Waals surface area contributed by atoms with Crippen LogP contribution in [0.25, 0.3) is 0 Å². The maximum absolute atomic E-state index is 12.0. The highest BCUT2D eigenvalue weighted by Gasteiger charge is 2.17. The third kappa shape index (κ3) is 5.90. The quantitative estimate of drug-likeness (QED) is 0.323. The first-order valence-corrected chi connectivity index (χ1v) is 7.97. The van der Waals surface area contributed by atoms with E-state index in [1.54, 1.807) is 6.08 Å². The molecule has 0 unspecified atom stereocenters. The minimum absolute atomic E-state index is 0.151. The second-order valence-corrected chi connectivity index (χ2v) is 5.79. The van der Waals surface area contributed by atoms with E-state index in [1.165, 1.54) is 19.3 Å². The maximum atomic E-state index is 12.0. The molecule has 1 amide bonds. The molecule has 0 saturated carbocycles. The predicted molar refractivity (Wildman–Crippen MR) is 84.5 cm³/mol. The largest absolute Gasteiger partial charge is 0.338 e. The van der Waals surface area contributed by atoms with Gasteiger partial charge in [-0.3, -0.25) is 4.79 Å². The van der Waals surface area contributed by atoms with E-state index in [-0.39, 0.29) is 5.91 Å². The van der Waals surface area contributed by atoms with Gasteiger partial charge in [0.2, 0.25) is 0 Å². The van der Waals surface area contributed by atoms with Crippen molar-refractivity contribution in [3.05, 3.63) is 9.66 Å². The summed E-state index contributed by atoms with van der Waals surface area (Å²) in [6.07, 6.45) is 9.85. The number of hydrogen-bond donors (Lipinski definition) is 0. The summed E-state index contributed by atoms with van der Waals surface area (Å²) in [5, 5.41) is 0. The molecule has 0 aromatic heterocycles. The molecule has 3 heteroatoms. The summed E-state index contributed by atoms with van der Waals surface area (Å²) in [6.45, 7) is 4.00. The van der Waals surface area contributed by atoms with Crippen molar-refractivity contribution in [2.24, 2.45) is 0 Å². The molecule has 1 fully saturated rings. The Morgan fingerprint density at radius 3 is 2.67 bits per heavy atom. The fourth-order valence-corrected chi connectivity index (χ4v) is 2.46. The first-order valence-electron chi connectivity index (χ1n) is 6.89. The van der Waals surface area contributed by atoms with Gasteiger partial charge in [-0.2, -0.15) is 0 Å². The van der Waals surface area contributed by atoms with Crippen molar-refractivity contribution in [1.29, 1.82) is 0 Å². The smallest absolute Gasteiger partial charge is 0.260 e. The fourth-order valence-electron chi connectivity index (χ4n) is 1.96. The van der Waals surface area contributed by atoms with Gasteiger partial charge < -0.3 is 4.90 Å². The van der Waals surface area contributed by atoms with Crippen LogP contribution < -0.4 is 0 Å². The van der Waals surface area contributed by atoms with Gasteiger partial charge in [-0.15, -0.1) is 0 Å². The van der Waals surface area contributed by atoms with Crippen LogP contribution in [-0.4, -0.2) is 23.9 Å². The molecule has 1 heterocycles. The number of allylic oxidation sites excluding steroid dienone is 1. The summed E-state index contributed by atoms with van der Waals surface area (Å²) in [5.41, 5.74) is 0. The van der Waals surface area contributed by atoms with Crippen molar-refractivity contribution in [3.8, 4) is 11.8 Å². The van der Waals surface area contributed by atoms with E-state index in [1.807, 2.05) is 4.90 Å². The minimum Gasteiger partial charge on any atom is -0.338 e. The molecule has 1 rings (SSSR count). The Bertz CT molecular complexity index is 345. The molecule has 0 bridgehead atoms. The van der Waals surface area contributed by atoms with Gasteiger partial charge in [0.15, 0.2) is 0 Å². The fraction of sp³-hybridized carbons (Fsp3) is 0.667. The Morgan fingerprint density at radius 2 is 2.00 bits per heavy atom. The Morgan fingerprint density at radius 1 is 1.28 bits per heavy atom. The molecule has 0 spiro atoms. The van der Waals surface area contributed by atoms with Crippen LogP contribution in [0.3, 0.4) is 0 Å². The van der Waals surface area contributed by atoms with E-state index in [0.29, 0.717) is 0 Å². The van der Waals surface area contributed by atoms with E-state index in [0.717, 1.165) is 42.4 Å². The summed E-state index contributed by atoms with van der Waals surface area (Å²) in [5.74, 6) is 6.26. The van der Waals surface area contributed by atoms with Crippen molar-refractivity contribution >= 4 is 28.5 Å². The monoisotopic (exact) mass is 359 g/mol. The lowest BCUT2D eigenvalue weighted by Crippen LogP contribution is -2.35. The summed E-state index contributed by atoms with van der Waals surface area (Å²) < 4.78 is 0.748. The molecular formula is C15H22INO. The van der Waals surface area contributed by atoms with Gasteiger partial charge in [0.1, 0.15) is 0 Å². The van der Waals surface area contributed by atoms with Crippen LogP contribution in [0.5, 0.6) is 0 Å². The van der Waals surface area contributed by atoms with Crippen molar-refractivity contribution in [2.45, 2.75) is 51.9 Å². The lowest BCUT2D eigenvalue weighted by molar-refractivity contribution is -0.127. The zero-order valence-corrected chi connectivity index (χ0v) is 13.3. The molecule has 0 N–H and O–H groups in total. The molecule has 0 atom stereocenters. The Kier molecular flexibility index (Phi) is 8.15. The topological polar surface area (TPSA) is 20.3 Å². The van der Waals surface area contributed by atoms with Crippen LogP contribution in [0.2, 0.25) is 0 Å². The molecule has 1 aliphatic heterocycles. The molecule has 0 radical (unpaired) electrons. The Hall–Kier alpha value is -0.500. The van der Waals surface area contributed by atoms with Crippen molar-refractivity contribution in [3.63, 3.8) is 0 Å². The zero-order valence-electron chi connectivity index (χ0n) is 11.2. The average Bonchev–Trinajstić information content (AvgIpc) is 2.42. The van der Waals surface area contributed by atoms with Crippen LogP contribution in [-0.2, 0) is 4.79 Å². The zero-order chi connectivity index (χ0) is 13.2. The summed E-state index contributed by atoms with van der Waals surface area (Å²) in [7, 11) is 0. The molecule has 18 heavy (non-hydrogen) atoms. The number of unbranched alkanes of at least 4 members (excludes halogenated alkanes) is 3. The molecule has 2 nitrogen and oxygen atoms in total. The SMILES string of the molecule is CCCCCC#CC=C(I)C(=O)N1CCCCC1. The van der Waals surface area contributed by atoms with Crippen molar-refractivity contribution in [1.82, 2.24) is 4.90 Å². The number of carbonyl (C=O) groups is 1. The van der Waals surface area contributed by atoms with Crippen LogP contribution in [0.15, 0.2) is 9.66 Å². The highest BCUT2D eigenvalue weighted by molar-refractivity contribution is 14.1. The molecule has 0 aromatic carbocycles. The minimum atomic E-state index is 0.151. The first kappa shape index (κ1) is 15.6. The van der Waals surface area contributed by atoms with E-state index in [2.05, 4.69) is 41.4 Å². The molecule has 1 saturated heterocycles. The summed E-state index contributed by atoms with van der Waals surface area (Å²) in [4.78, 5) is 14.0. The number of halogens is 1. The number of rotatable bonds is 4. The average molecular weight is 359 g/mol. The van der Waals surface area contributed by atoms with Gasteiger partial charge in [0, 0.05) is 25.6 Å². The number of likely N-dealkylation sites (tertiary alicyclic amines) is 1. The number of piperidine rings is 1. The van der Waals surface area contributed by atoms with Crippen LogP contribution in [0.4, 0.5) is 0 Å². The van der Waals surface area contributed by atoms with E-state index >= 15 is 0 Å². The predicted octanol–water partition coefficient (Wildman–Crippen LogP) is 3.90. The number of nitrogens with zero attached hydrogens (tertiary/aromatic N) is 1. The summed E-state index contributed by atoms with van der Waals surface area (Å²) in [6, 6.07) is 0. The Balaban J connectivity index is 2.37. The molecule has 1 aliphatic rings. The molecule has 0 aromatic rings. The van der Waals surface area contributed by atoms with Gasteiger partial charge >= 0.3 is 0 Å². The van der Waals surface area contributed by atoms with Crippen LogP contribution >= 0.6 is 22.6 Å².